The number of rotatable bonds is 5. The van der Waals surface area contributed by atoms with Crippen molar-refractivity contribution in [3.63, 3.8) is 0 Å². The fourth-order valence-electron chi connectivity index (χ4n) is 1.76. The monoisotopic (exact) mass is 349 g/mol. The summed E-state index contributed by atoms with van der Waals surface area (Å²) < 4.78 is 2.08. The van der Waals surface area contributed by atoms with Gasteiger partial charge in [0.25, 0.3) is 0 Å². The Balaban J connectivity index is 1.85. The van der Waals surface area contributed by atoms with Gasteiger partial charge in [0.15, 0.2) is 4.34 Å². The fourth-order valence-corrected chi connectivity index (χ4v) is 3.43. The van der Waals surface area contributed by atoms with Crippen molar-refractivity contribution in [3.8, 4) is 5.69 Å². The first-order valence-corrected chi connectivity index (χ1v) is 8.02. The minimum absolute atomic E-state index is 0.0122. The summed E-state index contributed by atoms with van der Waals surface area (Å²) in [5.74, 6) is 0. The van der Waals surface area contributed by atoms with Gasteiger partial charge in [0.1, 0.15) is 6.20 Å². The topological polar surface area (TPSA) is 103 Å². The van der Waals surface area contributed by atoms with Crippen LogP contribution in [-0.2, 0) is 0 Å². The number of benzene rings is 1. The maximum Gasteiger partial charge on any atom is 0.344 e. The molecule has 2 aromatic heterocycles. The Hall–Kier alpha value is -2.53. The zero-order valence-corrected chi connectivity index (χ0v) is 13.8. The molecule has 0 N–H and O–H groups in total. The van der Waals surface area contributed by atoms with Crippen molar-refractivity contribution in [1.29, 1.82) is 0 Å². The summed E-state index contributed by atoms with van der Waals surface area (Å²) in [5.41, 5.74) is 1.86. The first-order chi connectivity index (χ1) is 11.0. The first kappa shape index (κ1) is 15.4. The number of nitro groups is 1. The summed E-state index contributed by atoms with van der Waals surface area (Å²) in [5, 5.41) is 22.8. The molecule has 1 aromatic carbocycles. The Morgan fingerprint density at radius 3 is 2.65 bits per heavy atom. The fraction of sp³-hybridized carbons (Fsp3) is 0.167. The van der Waals surface area contributed by atoms with E-state index in [1.54, 1.807) is 4.68 Å². The zero-order valence-electron chi connectivity index (χ0n) is 12.2. The van der Waals surface area contributed by atoms with Crippen molar-refractivity contribution in [2.24, 2.45) is 0 Å². The molecule has 2 heterocycles. The molecule has 118 valence electrons. The standard InChI is InChI=1S/C12H11N7O2S2/c1-17(2)8-3-5-9(6-4-8)18-11(14-15-16-18)23-12-13-7-10(22-12)19(20)21/h3-7H,1-2H3. The van der Waals surface area contributed by atoms with Crippen LogP contribution in [0.1, 0.15) is 0 Å². The van der Waals surface area contributed by atoms with Gasteiger partial charge in [0.05, 0.1) is 10.6 Å². The maximum atomic E-state index is 10.7. The van der Waals surface area contributed by atoms with Crippen molar-refractivity contribution < 1.29 is 4.92 Å². The lowest BCUT2D eigenvalue weighted by Gasteiger charge is -2.12. The van der Waals surface area contributed by atoms with Crippen LogP contribution in [0.5, 0.6) is 0 Å². The number of aromatic nitrogens is 5. The predicted octanol–water partition coefficient (Wildman–Crippen LogP) is 2.24. The Kier molecular flexibility index (Phi) is 4.21. The minimum Gasteiger partial charge on any atom is -0.378 e. The van der Waals surface area contributed by atoms with E-state index in [1.807, 2.05) is 43.3 Å². The van der Waals surface area contributed by atoms with E-state index in [1.165, 1.54) is 18.0 Å². The third-order valence-corrected chi connectivity index (χ3v) is 4.84. The van der Waals surface area contributed by atoms with Crippen LogP contribution in [0.15, 0.2) is 40.0 Å². The molecule has 0 aliphatic rings. The van der Waals surface area contributed by atoms with E-state index in [0.29, 0.717) is 9.50 Å². The molecule has 0 radical (unpaired) electrons. The summed E-state index contributed by atoms with van der Waals surface area (Å²) in [4.78, 5) is 16.2. The molecular weight excluding hydrogens is 338 g/mol. The average Bonchev–Trinajstić information content (AvgIpc) is 3.17. The number of thiazole rings is 1. The molecule has 11 heteroatoms. The Morgan fingerprint density at radius 2 is 2.04 bits per heavy atom. The Bertz CT molecular complexity index is 828. The third kappa shape index (κ3) is 3.29. The highest BCUT2D eigenvalue weighted by Gasteiger charge is 2.16. The SMILES string of the molecule is CN(C)c1ccc(-n2nnnc2Sc2ncc([N+](=O)[O-])s2)cc1. The van der Waals surface area contributed by atoms with E-state index in [-0.39, 0.29) is 5.00 Å². The smallest absolute Gasteiger partial charge is 0.344 e. The summed E-state index contributed by atoms with van der Waals surface area (Å²) in [7, 11) is 3.92. The number of anilines is 1. The molecule has 3 rings (SSSR count). The summed E-state index contributed by atoms with van der Waals surface area (Å²) in [6.07, 6.45) is 1.23. The van der Waals surface area contributed by atoms with Crippen LogP contribution in [0.25, 0.3) is 5.69 Å². The Labute approximate surface area is 139 Å². The van der Waals surface area contributed by atoms with Gasteiger partial charge in [0, 0.05) is 19.8 Å². The molecule has 0 amide bonds. The number of hydrogen-bond donors (Lipinski definition) is 0. The van der Waals surface area contributed by atoms with Crippen LogP contribution in [-0.4, -0.2) is 44.2 Å². The summed E-state index contributed by atoms with van der Waals surface area (Å²) in [6.45, 7) is 0. The van der Waals surface area contributed by atoms with Crippen molar-refractivity contribution >= 4 is 33.8 Å². The van der Waals surface area contributed by atoms with Crippen molar-refractivity contribution in [3.05, 3.63) is 40.6 Å². The zero-order chi connectivity index (χ0) is 16.4. The van der Waals surface area contributed by atoms with Gasteiger partial charge in [-0.2, -0.15) is 4.68 Å². The van der Waals surface area contributed by atoms with E-state index < -0.39 is 4.92 Å². The summed E-state index contributed by atoms with van der Waals surface area (Å²) >= 11 is 2.17. The van der Waals surface area contributed by atoms with Gasteiger partial charge in [-0.1, -0.05) is 0 Å². The molecule has 0 bridgehead atoms. The van der Waals surface area contributed by atoms with Crippen molar-refractivity contribution in [1.82, 2.24) is 25.2 Å². The van der Waals surface area contributed by atoms with Gasteiger partial charge < -0.3 is 4.90 Å². The van der Waals surface area contributed by atoms with Crippen LogP contribution < -0.4 is 4.90 Å². The average molecular weight is 349 g/mol. The molecular formula is C12H11N7O2S2. The van der Waals surface area contributed by atoms with Crippen molar-refractivity contribution in [2.45, 2.75) is 9.50 Å². The summed E-state index contributed by atoms with van der Waals surface area (Å²) in [6, 6.07) is 7.72. The van der Waals surface area contributed by atoms with E-state index in [2.05, 4.69) is 20.5 Å². The van der Waals surface area contributed by atoms with E-state index >= 15 is 0 Å². The van der Waals surface area contributed by atoms with Gasteiger partial charge in [0.2, 0.25) is 5.16 Å². The lowest BCUT2D eigenvalue weighted by atomic mass is 10.3. The van der Waals surface area contributed by atoms with Gasteiger partial charge >= 0.3 is 5.00 Å². The van der Waals surface area contributed by atoms with Crippen LogP contribution in [0, 0.1) is 10.1 Å². The molecule has 0 saturated carbocycles. The second-order valence-electron chi connectivity index (χ2n) is 4.61. The van der Waals surface area contributed by atoms with Crippen molar-refractivity contribution in [2.75, 3.05) is 19.0 Å². The molecule has 0 spiro atoms. The first-order valence-electron chi connectivity index (χ1n) is 6.39. The quantitative estimate of drug-likeness (QED) is 0.510. The number of hydrogen-bond acceptors (Lipinski definition) is 9. The normalized spacial score (nSPS) is 10.7. The Morgan fingerprint density at radius 1 is 1.30 bits per heavy atom. The molecule has 9 nitrogen and oxygen atoms in total. The lowest BCUT2D eigenvalue weighted by molar-refractivity contribution is -0.380. The van der Waals surface area contributed by atoms with Crippen LogP contribution in [0.3, 0.4) is 0 Å². The molecule has 0 aliphatic heterocycles. The van der Waals surface area contributed by atoms with Gasteiger partial charge in [-0.3, -0.25) is 10.1 Å². The highest BCUT2D eigenvalue weighted by atomic mass is 32.2. The largest absolute Gasteiger partial charge is 0.378 e. The molecule has 0 unspecified atom stereocenters. The van der Waals surface area contributed by atoms with E-state index in [4.69, 9.17) is 0 Å². The van der Waals surface area contributed by atoms with Gasteiger partial charge in [-0.15, -0.1) is 5.10 Å². The number of tetrazole rings is 1. The lowest BCUT2D eigenvalue weighted by Crippen LogP contribution is -2.08. The highest BCUT2D eigenvalue weighted by molar-refractivity contribution is 8.00. The van der Waals surface area contributed by atoms with E-state index in [9.17, 15) is 10.1 Å². The molecule has 0 aliphatic carbocycles. The number of nitrogens with zero attached hydrogens (tertiary/aromatic N) is 7. The second kappa shape index (κ2) is 6.30. The minimum atomic E-state index is -0.468. The molecule has 23 heavy (non-hydrogen) atoms. The van der Waals surface area contributed by atoms with E-state index in [0.717, 1.165) is 22.7 Å². The molecule has 0 atom stereocenters. The van der Waals surface area contributed by atoms with Crippen LogP contribution >= 0.6 is 23.1 Å². The molecule has 0 fully saturated rings. The van der Waals surface area contributed by atoms with Gasteiger partial charge in [-0.25, -0.2) is 4.98 Å². The third-order valence-electron chi connectivity index (χ3n) is 2.88. The highest BCUT2D eigenvalue weighted by Crippen LogP contribution is 2.33. The van der Waals surface area contributed by atoms with Gasteiger partial charge in [-0.05, 0) is 57.8 Å². The molecule has 0 saturated heterocycles. The van der Waals surface area contributed by atoms with Crippen LogP contribution in [0.4, 0.5) is 10.7 Å². The molecule has 3 aromatic rings. The maximum absolute atomic E-state index is 10.7. The predicted molar refractivity (Wildman–Crippen MR) is 86.4 cm³/mol. The van der Waals surface area contributed by atoms with Crippen LogP contribution in [0.2, 0.25) is 0 Å². The second-order valence-corrected chi connectivity index (χ2v) is 6.83.